The van der Waals surface area contributed by atoms with E-state index in [1.54, 1.807) is 34.1 Å². The third kappa shape index (κ3) is 7.62. The molecule has 1 N–H and O–H groups in total. The minimum atomic E-state index is -0.328. The maximum Gasteiger partial charge on any atom is 0.318 e. The Balaban J connectivity index is 1.80. The Labute approximate surface area is 182 Å². The molecule has 1 heterocycles. The fraction of sp³-hybridized carbons (Fsp3) is 0.429. The van der Waals surface area contributed by atoms with Crippen LogP contribution in [0.2, 0.25) is 10.0 Å². The van der Waals surface area contributed by atoms with Gasteiger partial charge in [0.15, 0.2) is 0 Å². The Morgan fingerprint density at radius 1 is 1.17 bits per heavy atom. The first-order chi connectivity index (χ1) is 13.8. The molecule has 1 fully saturated rings. The number of nitrogens with one attached hydrogen (secondary N) is 1. The SMILES string of the molecule is C[C@@H](C#Cc1ccc(Cl)c(Cl)c1)NC(=O)N1CCN(C(=O)/C=C/CN(C)C)CC1. The van der Waals surface area contributed by atoms with E-state index in [9.17, 15) is 9.59 Å². The highest BCUT2D eigenvalue weighted by Gasteiger charge is 2.23. The normalized spacial score (nSPS) is 15.2. The molecule has 0 aliphatic carbocycles. The maximum absolute atomic E-state index is 12.4. The van der Waals surface area contributed by atoms with E-state index < -0.39 is 0 Å². The van der Waals surface area contributed by atoms with Gasteiger partial charge in [0.2, 0.25) is 5.91 Å². The molecular weight excluding hydrogens is 411 g/mol. The summed E-state index contributed by atoms with van der Waals surface area (Å²) in [5, 5.41) is 3.79. The van der Waals surface area contributed by atoms with Crippen LogP contribution in [-0.4, -0.2) is 79.5 Å². The van der Waals surface area contributed by atoms with Crippen LogP contribution in [0.15, 0.2) is 30.4 Å². The van der Waals surface area contributed by atoms with E-state index in [-0.39, 0.29) is 18.0 Å². The maximum atomic E-state index is 12.4. The van der Waals surface area contributed by atoms with Crippen molar-refractivity contribution in [3.8, 4) is 11.8 Å². The van der Waals surface area contributed by atoms with Crippen molar-refractivity contribution in [3.63, 3.8) is 0 Å². The molecule has 0 radical (unpaired) electrons. The van der Waals surface area contributed by atoms with E-state index in [0.717, 1.165) is 12.1 Å². The van der Waals surface area contributed by atoms with Crippen LogP contribution in [0.25, 0.3) is 0 Å². The third-order valence-corrected chi connectivity index (χ3v) is 5.04. The zero-order chi connectivity index (χ0) is 21.4. The van der Waals surface area contributed by atoms with Crippen LogP contribution in [0.1, 0.15) is 12.5 Å². The molecule has 2 rings (SSSR count). The van der Waals surface area contributed by atoms with Gasteiger partial charge in [-0.05, 0) is 39.2 Å². The molecule has 1 aliphatic heterocycles. The second-order valence-corrected chi connectivity index (χ2v) is 7.86. The molecule has 0 bridgehead atoms. The number of amides is 3. The molecule has 0 saturated carbocycles. The van der Waals surface area contributed by atoms with Crippen molar-refractivity contribution >= 4 is 35.1 Å². The van der Waals surface area contributed by atoms with Gasteiger partial charge in [0.1, 0.15) is 0 Å². The number of halogens is 2. The molecule has 6 nitrogen and oxygen atoms in total. The molecule has 0 spiro atoms. The first-order valence-electron chi connectivity index (χ1n) is 9.38. The van der Waals surface area contributed by atoms with Crippen LogP contribution >= 0.6 is 23.2 Å². The largest absolute Gasteiger partial charge is 0.336 e. The van der Waals surface area contributed by atoms with Crippen molar-refractivity contribution in [2.45, 2.75) is 13.0 Å². The number of hydrogen-bond donors (Lipinski definition) is 1. The second-order valence-electron chi connectivity index (χ2n) is 7.05. The van der Waals surface area contributed by atoms with Gasteiger partial charge < -0.3 is 20.0 Å². The summed E-state index contributed by atoms with van der Waals surface area (Å²) in [5.74, 6) is 5.95. The smallest absolute Gasteiger partial charge is 0.318 e. The molecule has 156 valence electrons. The molecule has 1 atom stereocenters. The van der Waals surface area contributed by atoms with E-state index >= 15 is 0 Å². The highest BCUT2D eigenvalue weighted by atomic mass is 35.5. The average Bonchev–Trinajstić information content (AvgIpc) is 2.68. The number of urea groups is 1. The second kappa shape index (κ2) is 11.1. The van der Waals surface area contributed by atoms with Gasteiger partial charge in [-0.2, -0.15) is 0 Å². The van der Waals surface area contributed by atoms with Crippen LogP contribution in [0.4, 0.5) is 4.79 Å². The lowest BCUT2D eigenvalue weighted by molar-refractivity contribution is -0.127. The van der Waals surface area contributed by atoms with Crippen molar-refractivity contribution in [2.24, 2.45) is 0 Å². The van der Waals surface area contributed by atoms with Crippen molar-refractivity contribution < 1.29 is 9.59 Å². The van der Waals surface area contributed by atoms with Crippen molar-refractivity contribution in [2.75, 3.05) is 46.8 Å². The van der Waals surface area contributed by atoms with Gasteiger partial charge in [0, 0.05) is 44.4 Å². The fourth-order valence-corrected chi connectivity index (χ4v) is 2.98. The monoisotopic (exact) mass is 436 g/mol. The summed E-state index contributed by atoms with van der Waals surface area (Å²) >= 11 is 11.9. The average molecular weight is 437 g/mol. The molecular formula is C21H26Cl2N4O2. The van der Waals surface area contributed by atoms with Crippen molar-refractivity contribution in [1.82, 2.24) is 20.0 Å². The molecule has 1 aromatic carbocycles. The summed E-state index contributed by atoms with van der Waals surface area (Å²) in [6, 6.07) is 4.64. The highest BCUT2D eigenvalue weighted by Crippen LogP contribution is 2.22. The first kappa shape index (κ1) is 23.1. The highest BCUT2D eigenvalue weighted by molar-refractivity contribution is 6.42. The van der Waals surface area contributed by atoms with Gasteiger partial charge >= 0.3 is 6.03 Å². The predicted octanol–water partition coefficient (Wildman–Crippen LogP) is 2.71. The Bertz CT molecular complexity index is 822. The molecule has 0 aromatic heterocycles. The summed E-state index contributed by atoms with van der Waals surface area (Å²) < 4.78 is 0. The minimum Gasteiger partial charge on any atom is -0.336 e. The van der Waals surface area contributed by atoms with Gasteiger partial charge in [-0.15, -0.1) is 0 Å². The molecule has 29 heavy (non-hydrogen) atoms. The standard InChI is InChI=1S/C21H26Cl2N4O2/c1-16(6-7-17-8-9-18(22)19(23)15-17)24-21(29)27-13-11-26(12-14-27)20(28)5-4-10-25(2)3/h4-5,8-9,15-16H,10-14H2,1-3H3,(H,24,29)/b5-4+/t16-/m0/s1. The van der Waals surface area contributed by atoms with Gasteiger partial charge in [-0.25, -0.2) is 4.79 Å². The Hall–Kier alpha value is -2.20. The van der Waals surface area contributed by atoms with Crippen LogP contribution in [0.3, 0.4) is 0 Å². The lowest BCUT2D eigenvalue weighted by Gasteiger charge is -2.34. The summed E-state index contributed by atoms with van der Waals surface area (Å²) in [6.07, 6.45) is 3.44. The summed E-state index contributed by atoms with van der Waals surface area (Å²) in [6.45, 7) is 4.55. The quantitative estimate of drug-likeness (QED) is 0.582. The number of benzene rings is 1. The van der Waals surface area contributed by atoms with Crippen LogP contribution in [-0.2, 0) is 4.79 Å². The van der Waals surface area contributed by atoms with Crippen LogP contribution in [0.5, 0.6) is 0 Å². The third-order valence-electron chi connectivity index (χ3n) is 4.30. The zero-order valence-electron chi connectivity index (χ0n) is 16.9. The molecule has 1 saturated heterocycles. The van der Waals surface area contributed by atoms with E-state index in [1.165, 1.54) is 0 Å². The number of piperazine rings is 1. The summed E-state index contributed by atoms with van der Waals surface area (Å²) in [7, 11) is 3.89. The van der Waals surface area contributed by atoms with Gasteiger partial charge in [0.25, 0.3) is 0 Å². The molecule has 0 unspecified atom stereocenters. The van der Waals surface area contributed by atoms with Crippen LogP contribution < -0.4 is 5.32 Å². The number of hydrogen-bond acceptors (Lipinski definition) is 3. The first-order valence-corrected chi connectivity index (χ1v) is 10.1. The lowest BCUT2D eigenvalue weighted by Crippen LogP contribution is -2.54. The minimum absolute atomic E-state index is 0.0206. The van der Waals surface area contributed by atoms with E-state index in [2.05, 4.69) is 17.2 Å². The molecule has 1 aromatic rings. The van der Waals surface area contributed by atoms with Gasteiger partial charge in [-0.3, -0.25) is 4.79 Å². The summed E-state index contributed by atoms with van der Waals surface area (Å²) in [5.41, 5.74) is 0.731. The predicted molar refractivity (Wildman–Crippen MR) is 117 cm³/mol. The van der Waals surface area contributed by atoms with Crippen LogP contribution in [0, 0.1) is 11.8 Å². The number of carbonyl (C=O) groups excluding carboxylic acids is 2. The topological polar surface area (TPSA) is 55.9 Å². The molecule has 1 aliphatic rings. The Morgan fingerprint density at radius 2 is 1.83 bits per heavy atom. The number of nitrogens with zero attached hydrogens (tertiary/aromatic N) is 3. The van der Waals surface area contributed by atoms with E-state index in [0.29, 0.717) is 36.2 Å². The number of carbonyl (C=O) groups is 2. The Morgan fingerprint density at radius 3 is 2.45 bits per heavy atom. The van der Waals surface area contributed by atoms with Gasteiger partial charge in [-0.1, -0.05) is 41.1 Å². The molecule has 3 amide bonds. The summed E-state index contributed by atoms with van der Waals surface area (Å²) in [4.78, 5) is 30.0. The van der Waals surface area contributed by atoms with Crippen molar-refractivity contribution in [3.05, 3.63) is 46.0 Å². The lowest BCUT2D eigenvalue weighted by atomic mass is 10.2. The van der Waals surface area contributed by atoms with Gasteiger partial charge in [0.05, 0.1) is 16.1 Å². The zero-order valence-corrected chi connectivity index (χ0v) is 18.4. The molecule has 8 heteroatoms. The van der Waals surface area contributed by atoms with Crippen molar-refractivity contribution in [1.29, 1.82) is 0 Å². The fourth-order valence-electron chi connectivity index (χ4n) is 2.68. The van der Waals surface area contributed by atoms with E-state index in [1.807, 2.05) is 32.0 Å². The number of rotatable bonds is 4. The van der Waals surface area contributed by atoms with E-state index in [4.69, 9.17) is 23.2 Å². The number of likely N-dealkylation sites (N-methyl/N-ethyl adjacent to an activating group) is 1. The Kier molecular flexibility index (Phi) is 8.84.